The third-order valence-corrected chi connectivity index (χ3v) is 1.66. The first-order valence-corrected chi connectivity index (χ1v) is 3.77. The second-order valence-corrected chi connectivity index (χ2v) is 2.78. The summed E-state index contributed by atoms with van der Waals surface area (Å²) in [6, 6.07) is 0. The van der Waals surface area contributed by atoms with E-state index in [9.17, 15) is 0 Å². The highest BCUT2D eigenvalue weighted by Gasteiger charge is 2.01. The number of hydrogen-bond acceptors (Lipinski definition) is 2. The van der Waals surface area contributed by atoms with Gasteiger partial charge in [-0.15, -0.1) is 0 Å². The molecule has 0 spiro atoms. The Bertz CT molecular complexity index is 462. The summed E-state index contributed by atoms with van der Waals surface area (Å²) in [7, 11) is 0. The molecule has 1 heterocycles. The fraction of sp³-hybridized carbons (Fsp3) is 0.429. The van der Waals surface area contributed by atoms with E-state index in [2.05, 4.69) is 25.9 Å². The maximum Gasteiger partial charge on any atom is 0.222 e. The SMILES string of the molecule is [2H]C([2H])([2H])C([2H])([2H])C([2H])([2H])c1nc(Cl)ncc1Br. The normalized spacial score (nSPS) is 23.3. The van der Waals surface area contributed by atoms with Gasteiger partial charge in [0.25, 0.3) is 0 Å². The van der Waals surface area contributed by atoms with Crippen LogP contribution in [-0.4, -0.2) is 9.97 Å². The molecule has 4 heteroatoms. The molecule has 0 bridgehead atoms. The topological polar surface area (TPSA) is 25.8 Å². The molecule has 0 aliphatic carbocycles. The van der Waals surface area contributed by atoms with E-state index in [-0.39, 0.29) is 9.76 Å². The van der Waals surface area contributed by atoms with Crippen LogP contribution in [0, 0.1) is 0 Å². The van der Waals surface area contributed by atoms with Gasteiger partial charge >= 0.3 is 0 Å². The molecule has 0 aliphatic rings. The summed E-state index contributed by atoms with van der Waals surface area (Å²) in [5.41, 5.74) is -0.441. The summed E-state index contributed by atoms with van der Waals surface area (Å²) in [5.74, 6) is 0. The van der Waals surface area contributed by atoms with Crippen LogP contribution in [0.3, 0.4) is 0 Å². The van der Waals surface area contributed by atoms with Crippen molar-refractivity contribution in [3.05, 3.63) is 21.6 Å². The first-order valence-electron chi connectivity index (χ1n) is 6.10. The van der Waals surface area contributed by atoms with Crippen LogP contribution in [-0.2, 0) is 6.37 Å². The van der Waals surface area contributed by atoms with Crippen molar-refractivity contribution in [3.63, 3.8) is 0 Å². The summed E-state index contributed by atoms with van der Waals surface area (Å²) in [4.78, 5) is 7.14. The highest BCUT2D eigenvalue weighted by atomic mass is 79.9. The van der Waals surface area contributed by atoms with Gasteiger partial charge in [-0.25, -0.2) is 9.97 Å². The highest BCUT2D eigenvalue weighted by molar-refractivity contribution is 9.10. The lowest BCUT2D eigenvalue weighted by molar-refractivity contribution is 0.865. The van der Waals surface area contributed by atoms with E-state index in [0.717, 1.165) is 6.20 Å². The first-order chi connectivity index (χ1) is 7.91. The van der Waals surface area contributed by atoms with Crippen LogP contribution in [0.2, 0.25) is 5.28 Å². The molecule has 0 N–H and O–H groups in total. The lowest BCUT2D eigenvalue weighted by Gasteiger charge is -1.99. The maximum absolute atomic E-state index is 7.72. The van der Waals surface area contributed by atoms with Crippen LogP contribution in [0.4, 0.5) is 0 Å². The van der Waals surface area contributed by atoms with E-state index in [0.29, 0.717) is 0 Å². The number of aryl methyl sites for hydroxylation is 1. The third kappa shape index (κ3) is 2.42. The minimum absolute atomic E-state index is 0.0463. The van der Waals surface area contributed by atoms with E-state index in [1.54, 1.807) is 0 Å². The van der Waals surface area contributed by atoms with Crippen molar-refractivity contribution >= 4 is 27.5 Å². The number of halogens is 2. The van der Waals surface area contributed by atoms with Crippen molar-refractivity contribution in [1.29, 1.82) is 0 Å². The van der Waals surface area contributed by atoms with Gasteiger partial charge in [-0.05, 0) is 33.9 Å². The highest BCUT2D eigenvalue weighted by Crippen LogP contribution is 2.16. The maximum atomic E-state index is 7.72. The van der Waals surface area contributed by atoms with E-state index >= 15 is 0 Å². The number of nitrogens with zero attached hydrogens (tertiary/aromatic N) is 2. The monoisotopic (exact) mass is 241 g/mol. The van der Waals surface area contributed by atoms with Crippen LogP contribution in [0.5, 0.6) is 0 Å². The molecular formula is C7H8BrClN2. The van der Waals surface area contributed by atoms with Crippen molar-refractivity contribution in [3.8, 4) is 0 Å². The summed E-state index contributed by atoms with van der Waals surface area (Å²) >= 11 is 8.47. The molecule has 1 aromatic heterocycles. The van der Waals surface area contributed by atoms with Crippen LogP contribution in [0.25, 0.3) is 0 Å². The predicted molar refractivity (Wildman–Crippen MR) is 48.7 cm³/mol. The van der Waals surface area contributed by atoms with E-state index in [4.69, 9.17) is 21.2 Å². The third-order valence-electron chi connectivity index (χ3n) is 0.896. The molecule has 60 valence electrons. The molecule has 0 unspecified atom stereocenters. The minimum Gasteiger partial charge on any atom is -0.225 e. The fourth-order valence-electron chi connectivity index (χ4n) is 0.492. The Hall–Kier alpha value is -0.150. The Morgan fingerprint density at radius 2 is 2.73 bits per heavy atom. The fourth-order valence-corrected chi connectivity index (χ4v) is 0.916. The lowest BCUT2D eigenvalue weighted by Crippen LogP contribution is -1.92. The van der Waals surface area contributed by atoms with Crippen LogP contribution in [0.15, 0.2) is 10.7 Å². The Labute approximate surface area is 89.0 Å². The van der Waals surface area contributed by atoms with Gasteiger partial charge in [0.15, 0.2) is 0 Å². The van der Waals surface area contributed by atoms with Gasteiger partial charge in [-0.1, -0.05) is 13.2 Å². The smallest absolute Gasteiger partial charge is 0.222 e. The molecule has 11 heavy (non-hydrogen) atoms. The number of hydrogen-bond donors (Lipinski definition) is 0. The Balaban J connectivity index is 3.42. The zero-order valence-corrected chi connectivity index (χ0v) is 7.57. The molecular weight excluding hydrogens is 227 g/mol. The zero-order valence-electron chi connectivity index (χ0n) is 12.2. The molecule has 0 fully saturated rings. The van der Waals surface area contributed by atoms with E-state index < -0.39 is 25.3 Å². The van der Waals surface area contributed by atoms with Gasteiger partial charge in [0.05, 0.1) is 10.2 Å². The van der Waals surface area contributed by atoms with E-state index in [1.807, 2.05) is 0 Å². The Morgan fingerprint density at radius 1 is 1.91 bits per heavy atom. The first kappa shape index (κ1) is 3.30. The van der Waals surface area contributed by atoms with Gasteiger partial charge in [0, 0.05) is 15.8 Å². The summed E-state index contributed by atoms with van der Waals surface area (Å²) in [5, 5.41) is -0.293. The number of aromatic nitrogens is 2. The van der Waals surface area contributed by atoms with Crippen LogP contribution >= 0.6 is 27.5 Å². The van der Waals surface area contributed by atoms with Crippen molar-refractivity contribution in [2.45, 2.75) is 19.6 Å². The average molecular weight is 243 g/mol. The molecule has 0 saturated heterocycles. The van der Waals surface area contributed by atoms with Crippen LogP contribution in [0.1, 0.15) is 28.5 Å². The number of rotatable bonds is 2. The van der Waals surface area contributed by atoms with Gasteiger partial charge in [0.2, 0.25) is 5.28 Å². The quantitative estimate of drug-likeness (QED) is 0.745. The second-order valence-electron chi connectivity index (χ2n) is 1.59. The van der Waals surface area contributed by atoms with E-state index in [1.165, 1.54) is 0 Å². The zero-order chi connectivity index (χ0) is 14.4. The molecule has 0 aromatic carbocycles. The molecule has 0 saturated carbocycles. The average Bonchev–Trinajstić information content (AvgIpc) is 2.19. The standard InChI is InChI=1S/C7H8BrClN2/c1-2-3-6-5(8)4-10-7(9)11-6/h4H,2-3H2,1H3/i1D3,2D2,3D2. The van der Waals surface area contributed by atoms with Gasteiger partial charge in [-0.3, -0.25) is 0 Å². The summed E-state index contributed by atoms with van der Waals surface area (Å²) < 4.78 is 51.7. The molecule has 1 rings (SSSR count). The molecule has 1 aromatic rings. The van der Waals surface area contributed by atoms with Crippen molar-refractivity contribution in [1.82, 2.24) is 9.97 Å². The second kappa shape index (κ2) is 4.02. The van der Waals surface area contributed by atoms with Crippen molar-refractivity contribution in [2.75, 3.05) is 0 Å². The van der Waals surface area contributed by atoms with Crippen molar-refractivity contribution < 1.29 is 9.60 Å². The van der Waals surface area contributed by atoms with Gasteiger partial charge < -0.3 is 0 Å². The van der Waals surface area contributed by atoms with Gasteiger partial charge in [-0.2, -0.15) is 0 Å². The molecule has 2 nitrogen and oxygen atoms in total. The summed E-state index contributed by atoms with van der Waals surface area (Å²) in [6.45, 7) is -3.15. The molecule has 0 aliphatic heterocycles. The van der Waals surface area contributed by atoms with Crippen LogP contribution < -0.4 is 0 Å². The molecule has 0 atom stereocenters. The van der Waals surface area contributed by atoms with Gasteiger partial charge in [0.1, 0.15) is 0 Å². The lowest BCUT2D eigenvalue weighted by atomic mass is 10.2. The van der Waals surface area contributed by atoms with Crippen molar-refractivity contribution in [2.24, 2.45) is 0 Å². The molecule has 0 radical (unpaired) electrons. The minimum atomic E-state index is -3.15. The Morgan fingerprint density at radius 3 is 3.45 bits per heavy atom. The predicted octanol–water partition coefficient (Wildman–Crippen LogP) is 2.84. The Kier molecular flexibility index (Phi) is 1.21. The largest absolute Gasteiger partial charge is 0.225 e. The molecule has 0 amide bonds. The summed E-state index contributed by atoms with van der Waals surface area (Å²) in [6.07, 6.45) is -4.85.